The van der Waals surface area contributed by atoms with Crippen molar-refractivity contribution < 1.29 is 17.2 Å². The first kappa shape index (κ1) is 17.8. The molecule has 6 nitrogen and oxygen atoms in total. The van der Waals surface area contributed by atoms with Gasteiger partial charge in [0.25, 0.3) is 0 Å². The number of hydrogen-bond acceptors (Lipinski definition) is 5. The van der Waals surface area contributed by atoms with Crippen molar-refractivity contribution in [2.75, 3.05) is 16.9 Å². The first-order valence-electron chi connectivity index (χ1n) is 7.46. The lowest BCUT2D eigenvalue weighted by Crippen LogP contribution is -2.12. The predicted octanol–water partition coefficient (Wildman–Crippen LogP) is 2.93. The Morgan fingerprint density at radius 2 is 2.20 bits per heavy atom. The molecule has 0 saturated carbocycles. The Hall–Kier alpha value is -2.00. The molecule has 0 spiro atoms. The van der Waals surface area contributed by atoms with Crippen molar-refractivity contribution in [2.45, 2.75) is 19.4 Å². The van der Waals surface area contributed by atoms with Gasteiger partial charge >= 0.3 is 0 Å². The molecule has 1 aliphatic rings. The van der Waals surface area contributed by atoms with Gasteiger partial charge in [0.05, 0.1) is 40.7 Å². The maximum atomic E-state index is 13.5. The number of anilines is 1. The summed E-state index contributed by atoms with van der Waals surface area (Å²) in [6, 6.07) is 2.77. The topological polar surface area (TPSA) is 76.3 Å². The van der Waals surface area contributed by atoms with Gasteiger partial charge in [0.1, 0.15) is 11.0 Å². The highest BCUT2D eigenvalue weighted by Gasteiger charge is 2.31. The van der Waals surface area contributed by atoms with E-state index in [1.165, 1.54) is 17.0 Å². The van der Waals surface area contributed by atoms with E-state index in [2.05, 4.69) is 15.6 Å². The average molecular weight is 389 g/mol. The Labute approximate surface area is 148 Å². The van der Waals surface area contributed by atoms with Gasteiger partial charge in [-0.25, -0.2) is 21.9 Å². The Kier molecular flexibility index (Phi) is 4.79. The fourth-order valence-electron chi connectivity index (χ4n) is 2.64. The van der Waals surface area contributed by atoms with Crippen LogP contribution in [0.25, 0.3) is 0 Å². The van der Waals surface area contributed by atoms with Crippen LogP contribution in [0.15, 0.2) is 23.3 Å². The molecule has 1 N–H and O–H groups in total. The van der Waals surface area contributed by atoms with E-state index in [1.54, 1.807) is 6.92 Å². The van der Waals surface area contributed by atoms with E-state index >= 15 is 0 Å². The fourth-order valence-corrected chi connectivity index (χ4v) is 4.69. The molecule has 1 fully saturated rings. The monoisotopic (exact) mass is 388 g/mol. The zero-order valence-electron chi connectivity index (χ0n) is 13.2. The molecule has 1 aromatic heterocycles. The molecule has 1 aliphatic heterocycles. The Bertz CT molecular complexity index is 943. The van der Waals surface area contributed by atoms with Gasteiger partial charge in [-0.15, -0.1) is 0 Å². The van der Waals surface area contributed by atoms with E-state index in [4.69, 9.17) is 11.6 Å². The lowest BCUT2D eigenvalue weighted by Gasteiger charge is -2.09. The summed E-state index contributed by atoms with van der Waals surface area (Å²) in [4.78, 5) is 0. The van der Waals surface area contributed by atoms with Gasteiger partial charge < -0.3 is 0 Å². The second kappa shape index (κ2) is 6.72. The number of aryl methyl sites for hydroxylation is 1. The minimum absolute atomic E-state index is 0.00344. The molecule has 25 heavy (non-hydrogen) atoms. The SMILES string of the molecule is Cc1nn([C@H]2CCS(=O)(=O)C2)c(Cl)c1/C=N\Nc1ccc(F)cc1F. The molecule has 0 radical (unpaired) electrons. The molecule has 0 bridgehead atoms. The van der Waals surface area contributed by atoms with Gasteiger partial charge in [-0.1, -0.05) is 11.6 Å². The van der Waals surface area contributed by atoms with Crippen LogP contribution in [-0.4, -0.2) is 35.9 Å². The molecule has 0 amide bonds. The van der Waals surface area contributed by atoms with Gasteiger partial charge in [-0.2, -0.15) is 10.2 Å². The van der Waals surface area contributed by atoms with Crippen molar-refractivity contribution >= 4 is 33.3 Å². The third-order valence-electron chi connectivity index (χ3n) is 3.93. The molecule has 10 heteroatoms. The first-order chi connectivity index (χ1) is 11.8. The van der Waals surface area contributed by atoms with E-state index in [0.717, 1.165) is 12.1 Å². The molecule has 0 unspecified atom stereocenters. The van der Waals surface area contributed by atoms with Crippen LogP contribution in [0.3, 0.4) is 0 Å². The number of nitrogens with one attached hydrogen (secondary N) is 1. The highest BCUT2D eigenvalue weighted by molar-refractivity contribution is 7.91. The Morgan fingerprint density at radius 3 is 2.84 bits per heavy atom. The normalized spacial score (nSPS) is 19.6. The first-order valence-corrected chi connectivity index (χ1v) is 9.66. The molecule has 2 aromatic rings. The highest BCUT2D eigenvalue weighted by Crippen LogP contribution is 2.29. The molecular weight excluding hydrogens is 374 g/mol. The smallest absolute Gasteiger partial charge is 0.152 e. The van der Waals surface area contributed by atoms with E-state index in [9.17, 15) is 17.2 Å². The largest absolute Gasteiger partial charge is 0.276 e. The average Bonchev–Trinajstić information content (AvgIpc) is 3.02. The molecule has 1 aromatic carbocycles. The number of rotatable bonds is 4. The summed E-state index contributed by atoms with van der Waals surface area (Å²) < 4.78 is 51.1. The maximum absolute atomic E-state index is 13.5. The van der Waals surface area contributed by atoms with Gasteiger partial charge in [0, 0.05) is 6.07 Å². The van der Waals surface area contributed by atoms with Crippen molar-refractivity contribution in [3.05, 3.63) is 46.2 Å². The third kappa shape index (κ3) is 3.82. The minimum Gasteiger partial charge on any atom is -0.276 e. The summed E-state index contributed by atoms with van der Waals surface area (Å²) in [5.74, 6) is -1.34. The van der Waals surface area contributed by atoms with Crippen LogP contribution in [0, 0.1) is 18.6 Å². The Morgan fingerprint density at radius 1 is 1.44 bits per heavy atom. The van der Waals surface area contributed by atoms with E-state index in [1.807, 2.05) is 0 Å². The quantitative estimate of drug-likeness (QED) is 0.645. The van der Waals surface area contributed by atoms with Crippen LogP contribution in [0.4, 0.5) is 14.5 Å². The summed E-state index contributed by atoms with van der Waals surface area (Å²) in [5, 5.41) is 8.46. The summed E-state index contributed by atoms with van der Waals surface area (Å²) >= 11 is 6.30. The van der Waals surface area contributed by atoms with Crippen LogP contribution in [0.1, 0.15) is 23.7 Å². The van der Waals surface area contributed by atoms with Crippen molar-refractivity contribution in [3.8, 4) is 0 Å². The van der Waals surface area contributed by atoms with Crippen molar-refractivity contribution in [1.29, 1.82) is 0 Å². The standard InChI is InChI=1S/C15H15ClF2N4O2S/c1-9-12(7-19-20-14-3-2-10(17)6-13(14)18)15(16)22(21-9)11-4-5-25(23,24)8-11/h2-3,6-7,11,20H,4-5,8H2,1H3/b19-7-/t11-/m0/s1. The van der Waals surface area contributed by atoms with Gasteiger partial charge in [-0.05, 0) is 25.5 Å². The lowest BCUT2D eigenvalue weighted by molar-refractivity contribution is 0.497. The summed E-state index contributed by atoms with van der Waals surface area (Å²) in [6.07, 6.45) is 1.83. The van der Waals surface area contributed by atoms with Gasteiger partial charge in [-0.3, -0.25) is 5.43 Å². The van der Waals surface area contributed by atoms with Crippen LogP contribution in [0.5, 0.6) is 0 Å². The summed E-state index contributed by atoms with van der Waals surface area (Å²) in [7, 11) is -3.06. The molecule has 1 atom stereocenters. The zero-order chi connectivity index (χ0) is 18.2. The molecule has 134 valence electrons. The van der Waals surface area contributed by atoms with Crippen LogP contribution in [-0.2, 0) is 9.84 Å². The van der Waals surface area contributed by atoms with E-state index in [-0.39, 0.29) is 28.4 Å². The van der Waals surface area contributed by atoms with Crippen molar-refractivity contribution in [1.82, 2.24) is 9.78 Å². The molecule has 0 aliphatic carbocycles. The fraction of sp³-hybridized carbons (Fsp3) is 0.333. The zero-order valence-corrected chi connectivity index (χ0v) is 14.8. The number of nitrogens with zero attached hydrogens (tertiary/aromatic N) is 3. The highest BCUT2D eigenvalue weighted by atomic mass is 35.5. The van der Waals surface area contributed by atoms with Gasteiger partial charge in [0.15, 0.2) is 15.7 Å². The molecule has 2 heterocycles. The number of benzene rings is 1. The summed E-state index contributed by atoms with van der Waals surface area (Å²) in [6.45, 7) is 1.71. The molecule has 3 rings (SSSR count). The maximum Gasteiger partial charge on any atom is 0.152 e. The van der Waals surface area contributed by atoms with E-state index < -0.39 is 21.5 Å². The number of hydrogen-bond donors (Lipinski definition) is 1. The molecular formula is C15H15ClF2N4O2S. The second-order valence-corrected chi connectivity index (χ2v) is 8.37. The van der Waals surface area contributed by atoms with Crippen molar-refractivity contribution in [2.24, 2.45) is 5.10 Å². The second-order valence-electron chi connectivity index (χ2n) is 5.79. The number of hydrazone groups is 1. The van der Waals surface area contributed by atoms with Gasteiger partial charge in [0.2, 0.25) is 0 Å². The number of halogens is 3. The van der Waals surface area contributed by atoms with E-state index in [0.29, 0.717) is 17.7 Å². The van der Waals surface area contributed by atoms with Crippen LogP contribution in [0.2, 0.25) is 5.15 Å². The summed E-state index contributed by atoms with van der Waals surface area (Å²) in [5.41, 5.74) is 3.56. The predicted molar refractivity (Wildman–Crippen MR) is 91.9 cm³/mol. The third-order valence-corrected chi connectivity index (χ3v) is 6.06. The Balaban J connectivity index is 1.79. The van der Waals surface area contributed by atoms with Crippen molar-refractivity contribution in [3.63, 3.8) is 0 Å². The van der Waals surface area contributed by atoms with Crippen LogP contribution < -0.4 is 5.43 Å². The minimum atomic E-state index is -3.06. The lowest BCUT2D eigenvalue weighted by atomic mass is 10.2. The van der Waals surface area contributed by atoms with Crippen LogP contribution >= 0.6 is 11.6 Å². The number of sulfone groups is 1. The molecule has 1 saturated heterocycles. The number of aromatic nitrogens is 2.